The van der Waals surface area contributed by atoms with Gasteiger partial charge in [-0.1, -0.05) is 36.4 Å². The van der Waals surface area contributed by atoms with Gasteiger partial charge in [0, 0.05) is 33.2 Å². The molecule has 0 saturated carbocycles. The highest BCUT2D eigenvalue weighted by atomic mass is 16.2. The molecule has 7 nitrogen and oxygen atoms in total. The highest BCUT2D eigenvalue weighted by Crippen LogP contribution is 2.33. The molecule has 5 rings (SSSR count). The first kappa shape index (κ1) is 22.3. The SMILES string of the molecule is NCC(=O)Nc1ccc(-c2ccc3[nH]c4ccc(-c5ccc(NC(=O)CN)cc5)cc4c3c2)cc1. The number of nitrogens with two attached hydrogens (primary N) is 2. The maximum atomic E-state index is 11.5. The summed E-state index contributed by atoms with van der Waals surface area (Å²) in [7, 11) is 0. The number of hydrogen-bond donors (Lipinski definition) is 5. The summed E-state index contributed by atoms with van der Waals surface area (Å²) in [6.45, 7) is -0.0913. The van der Waals surface area contributed by atoms with Crippen LogP contribution in [0.1, 0.15) is 0 Å². The molecule has 1 aromatic heterocycles. The Morgan fingerprint density at radius 2 is 0.943 bits per heavy atom. The number of aromatic amines is 1. The van der Waals surface area contributed by atoms with Gasteiger partial charge in [-0.05, 0) is 70.8 Å². The molecule has 0 spiro atoms. The van der Waals surface area contributed by atoms with Gasteiger partial charge in [0.05, 0.1) is 13.1 Å². The van der Waals surface area contributed by atoms with Crippen LogP contribution in [0.15, 0.2) is 84.9 Å². The number of nitrogens with one attached hydrogen (secondary N) is 3. The molecule has 1 heterocycles. The fourth-order valence-electron chi connectivity index (χ4n) is 4.17. The van der Waals surface area contributed by atoms with Crippen molar-refractivity contribution in [1.29, 1.82) is 0 Å². The van der Waals surface area contributed by atoms with Crippen molar-refractivity contribution < 1.29 is 9.59 Å². The summed E-state index contributed by atoms with van der Waals surface area (Å²) in [6.07, 6.45) is 0. The molecule has 7 N–H and O–H groups in total. The lowest BCUT2D eigenvalue weighted by Crippen LogP contribution is -2.21. The van der Waals surface area contributed by atoms with Crippen LogP contribution in [0.2, 0.25) is 0 Å². The van der Waals surface area contributed by atoms with Crippen molar-refractivity contribution in [2.75, 3.05) is 23.7 Å². The number of carbonyl (C=O) groups is 2. The van der Waals surface area contributed by atoms with Gasteiger partial charge < -0.3 is 27.1 Å². The van der Waals surface area contributed by atoms with Crippen LogP contribution >= 0.6 is 0 Å². The Morgan fingerprint density at radius 1 is 0.571 bits per heavy atom. The first-order chi connectivity index (χ1) is 17.0. The van der Waals surface area contributed by atoms with Crippen molar-refractivity contribution in [1.82, 2.24) is 4.98 Å². The summed E-state index contributed by atoms with van der Waals surface area (Å²) in [5.74, 6) is -0.438. The summed E-state index contributed by atoms with van der Waals surface area (Å²) >= 11 is 0. The molecule has 0 aliphatic rings. The maximum absolute atomic E-state index is 11.5. The molecule has 0 bridgehead atoms. The lowest BCUT2D eigenvalue weighted by atomic mass is 10.00. The lowest BCUT2D eigenvalue weighted by Gasteiger charge is -2.07. The van der Waals surface area contributed by atoms with Crippen LogP contribution < -0.4 is 22.1 Å². The van der Waals surface area contributed by atoms with Crippen LogP contribution in [0.3, 0.4) is 0 Å². The largest absolute Gasteiger partial charge is 0.355 e. The third kappa shape index (κ3) is 4.63. The van der Waals surface area contributed by atoms with Gasteiger partial charge in [0.1, 0.15) is 0 Å². The zero-order valence-corrected chi connectivity index (χ0v) is 19.0. The first-order valence-corrected chi connectivity index (χ1v) is 11.3. The van der Waals surface area contributed by atoms with E-state index in [-0.39, 0.29) is 24.9 Å². The molecule has 0 fully saturated rings. The Balaban J connectivity index is 1.47. The lowest BCUT2D eigenvalue weighted by molar-refractivity contribution is -0.115. The summed E-state index contributed by atoms with van der Waals surface area (Å²) in [6, 6.07) is 28.1. The number of benzene rings is 4. The number of carbonyl (C=O) groups excluding carboxylic acids is 2. The predicted octanol–water partition coefficient (Wildman–Crippen LogP) is 4.45. The van der Waals surface area contributed by atoms with E-state index >= 15 is 0 Å². The third-order valence-electron chi connectivity index (χ3n) is 5.97. The van der Waals surface area contributed by atoms with E-state index in [1.54, 1.807) is 0 Å². The third-order valence-corrected chi connectivity index (χ3v) is 5.97. The highest BCUT2D eigenvalue weighted by molar-refractivity contribution is 6.09. The minimum absolute atomic E-state index is 0.0457. The van der Waals surface area contributed by atoms with Gasteiger partial charge in [0.15, 0.2) is 0 Å². The molecule has 2 amide bonds. The van der Waals surface area contributed by atoms with E-state index in [9.17, 15) is 9.59 Å². The summed E-state index contributed by atoms with van der Waals surface area (Å²) in [5.41, 5.74) is 18.6. The summed E-state index contributed by atoms with van der Waals surface area (Å²) in [4.78, 5) is 26.5. The molecule has 174 valence electrons. The van der Waals surface area contributed by atoms with Crippen molar-refractivity contribution in [3.63, 3.8) is 0 Å². The fraction of sp³-hybridized carbons (Fsp3) is 0.0714. The molecule has 7 heteroatoms. The minimum atomic E-state index is -0.219. The molecule has 0 atom stereocenters. The van der Waals surface area contributed by atoms with Crippen molar-refractivity contribution >= 4 is 45.0 Å². The zero-order chi connectivity index (χ0) is 24.4. The van der Waals surface area contributed by atoms with Crippen molar-refractivity contribution in [3.8, 4) is 22.3 Å². The normalized spacial score (nSPS) is 11.0. The topological polar surface area (TPSA) is 126 Å². The van der Waals surface area contributed by atoms with Gasteiger partial charge in [-0.3, -0.25) is 9.59 Å². The van der Waals surface area contributed by atoms with Crippen LogP contribution in [0.4, 0.5) is 11.4 Å². The number of H-pyrrole nitrogens is 1. The average Bonchev–Trinajstić information content (AvgIpc) is 3.26. The Kier molecular flexibility index (Phi) is 6.01. The van der Waals surface area contributed by atoms with Crippen molar-refractivity contribution in [2.24, 2.45) is 11.5 Å². The standard InChI is InChI=1S/C28H25N5O2/c29-15-27(34)31-21-7-1-17(2-8-21)19-5-11-25-23(13-19)24-14-20(6-12-26(24)33-25)18-3-9-22(10-4-18)32-28(35)16-30/h1-14,33H,15-16,29-30H2,(H,31,34)(H,32,35). The number of rotatable bonds is 6. The van der Waals surface area contributed by atoms with Crippen molar-refractivity contribution in [3.05, 3.63) is 84.9 Å². The molecule has 0 aliphatic heterocycles. The van der Waals surface area contributed by atoms with E-state index in [2.05, 4.69) is 52.0 Å². The molecular weight excluding hydrogens is 438 g/mol. The van der Waals surface area contributed by atoms with Crippen LogP contribution in [-0.4, -0.2) is 29.9 Å². The maximum Gasteiger partial charge on any atom is 0.238 e. The first-order valence-electron chi connectivity index (χ1n) is 11.3. The van der Waals surface area contributed by atoms with Crippen LogP contribution in [0, 0.1) is 0 Å². The highest BCUT2D eigenvalue weighted by Gasteiger charge is 2.09. The molecule has 0 saturated heterocycles. The average molecular weight is 464 g/mol. The van der Waals surface area contributed by atoms with Gasteiger partial charge in [0.2, 0.25) is 11.8 Å². The number of anilines is 2. The Labute approximate surface area is 202 Å². The predicted molar refractivity (Wildman–Crippen MR) is 142 cm³/mol. The zero-order valence-electron chi connectivity index (χ0n) is 19.0. The number of aromatic nitrogens is 1. The monoisotopic (exact) mass is 463 g/mol. The van der Waals surface area contributed by atoms with E-state index in [0.29, 0.717) is 0 Å². The molecule has 0 radical (unpaired) electrons. The van der Waals surface area contributed by atoms with E-state index in [1.165, 1.54) is 0 Å². The van der Waals surface area contributed by atoms with Crippen LogP contribution in [0.5, 0.6) is 0 Å². The van der Waals surface area contributed by atoms with E-state index < -0.39 is 0 Å². The van der Waals surface area contributed by atoms with Crippen LogP contribution in [-0.2, 0) is 9.59 Å². The fourth-order valence-corrected chi connectivity index (χ4v) is 4.17. The van der Waals surface area contributed by atoms with Gasteiger partial charge in [-0.15, -0.1) is 0 Å². The number of hydrogen-bond acceptors (Lipinski definition) is 4. The Morgan fingerprint density at radius 3 is 1.31 bits per heavy atom. The quantitative estimate of drug-likeness (QED) is 0.255. The van der Waals surface area contributed by atoms with Gasteiger partial charge >= 0.3 is 0 Å². The molecular formula is C28H25N5O2. The van der Waals surface area contributed by atoms with Crippen molar-refractivity contribution in [2.45, 2.75) is 0 Å². The smallest absolute Gasteiger partial charge is 0.238 e. The molecule has 4 aromatic carbocycles. The molecule has 5 aromatic rings. The van der Waals surface area contributed by atoms with Crippen LogP contribution in [0.25, 0.3) is 44.1 Å². The molecule has 35 heavy (non-hydrogen) atoms. The van der Waals surface area contributed by atoms with Gasteiger partial charge in [-0.2, -0.15) is 0 Å². The van der Waals surface area contributed by atoms with Gasteiger partial charge in [-0.25, -0.2) is 0 Å². The van der Waals surface area contributed by atoms with E-state index in [4.69, 9.17) is 11.5 Å². The second kappa shape index (κ2) is 9.42. The number of fused-ring (bicyclic) bond motifs is 3. The molecule has 0 unspecified atom stereocenters. The second-order valence-electron chi connectivity index (χ2n) is 8.31. The Hall–Kier alpha value is -4.46. The molecule has 0 aliphatic carbocycles. The Bertz CT molecular complexity index is 1420. The number of amides is 2. The van der Waals surface area contributed by atoms with E-state index in [0.717, 1.165) is 55.4 Å². The summed E-state index contributed by atoms with van der Waals surface area (Å²) < 4.78 is 0. The minimum Gasteiger partial charge on any atom is -0.355 e. The second-order valence-corrected chi connectivity index (χ2v) is 8.31. The van der Waals surface area contributed by atoms with Gasteiger partial charge in [0.25, 0.3) is 0 Å². The summed E-state index contributed by atoms with van der Waals surface area (Å²) in [5, 5.41) is 7.79. The van der Waals surface area contributed by atoms with E-state index in [1.807, 2.05) is 48.5 Å².